The molecule has 0 saturated heterocycles. The molecule has 0 heterocycles. The fraction of sp³-hybridized carbons (Fsp3) is 1.00. The van der Waals surface area contributed by atoms with Crippen LogP contribution in [0.4, 0.5) is 0 Å². The van der Waals surface area contributed by atoms with E-state index in [0.717, 1.165) is 0 Å². The standard InChI is InChI=1S/2C2H5.Ga.P/c2*1-2;;/h2*1H2,2H3;;. The van der Waals surface area contributed by atoms with E-state index >= 15 is 0 Å². The summed E-state index contributed by atoms with van der Waals surface area (Å²) in [5, 5.41) is 0. The molecule has 2 heteroatoms. The molecule has 0 atom stereocenters. The Balaban J connectivity index is 0. The molecule has 0 amide bonds. The van der Waals surface area contributed by atoms with E-state index in [1.165, 1.54) is 9.95 Å². The normalized spacial score (nSPS) is 6.33. The maximum absolute atomic E-state index is 2.28. The summed E-state index contributed by atoms with van der Waals surface area (Å²) in [7, 11) is 0. The average molecular weight is 159 g/mol. The van der Waals surface area contributed by atoms with Crippen LogP contribution >= 0.6 is 9.90 Å². The summed E-state index contributed by atoms with van der Waals surface area (Å²) in [6, 6.07) is 0. The van der Waals surface area contributed by atoms with Gasteiger partial charge in [-0.05, 0) is 0 Å². The van der Waals surface area contributed by atoms with Gasteiger partial charge in [-0.15, -0.1) is 0 Å². The summed E-state index contributed by atoms with van der Waals surface area (Å²) in [6.45, 7) is 4.56. The number of hydrogen-bond donors (Lipinski definition) is 0. The Hall–Kier alpha value is 1.07. The molecular formula is C4H10GaP. The van der Waals surface area contributed by atoms with Gasteiger partial charge in [0.25, 0.3) is 0 Å². The van der Waals surface area contributed by atoms with E-state index in [-0.39, 0.29) is 9.90 Å². The molecule has 0 bridgehead atoms. The van der Waals surface area contributed by atoms with E-state index < -0.39 is 0 Å². The van der Waals surface area contributed by atoms with E-state index in [1.807, 2.05) is 0 Å². The van der Waals surface area contributed by atoms with Crippen LogP contribution in [0.3, 0.4) is 0 Å². The van der Waals surface area contributed by atoms with Crippen LogP contribution in [0, 0.1) is 0 Å². The van der Waals surface area contributed by atoms with Gasteiger partial charge in [0.05, 0.1) is 0 Å². The van der Waals surface area contributed by atoms with Crippen LogP contribution in [0.15, 0.2) is 0 Å². The first-order valence-corrected chi connectivity index (χ1v) is 5.66. The van der Waals surface area contributed by atoms with Gasteiger partial charge in [0.15, 0.2) is 0 Å². The molecule has 0 aliphatic heterocycles. The van der Waals surface area contributed by atoms with Crippen molar-refractivity contribution in [3.8, 4) is 0 Å². The Bertz CT molecular complexity index is 15.0. The monoisotopic (exact) mass is 158 g/mol. The summed E-state index contributed by atoms with van der Waals surface area (Å²) in [6.07, 6.45) is 0. The van der Waals surface area contributed by atoms with Crippen LogP contribution in [-0.2, 0) is 0 Å². The van der Waals surface area contributed by atoms with Crippen LogP contribution < -0.4 is 0 Å². The van der Waals surface area contributed by atoms with Crippen molar-refractivity contribution in [1.82, 2.24) is 0 Å². The van der Waals surface area contributed by atoms with Crippen molar-refractivity contribution in [2.75, 3.05) is 0 Å². The summed E-state index contributed by atoms with van der Waals surface area (Å²) < 4.78 is 0. The molecule has 0 saturated carbocycles. The maximum atomic E-state index is 2.28. The second-order valence-electron chi connectivity index (χ2n) is 1.11. The van der Waals surface area contributed by atoms with Gasteiger partial charge in [-0.1, -0.05) is 0 Å². The minimum atomic E-state index is 0. The maximum Gasteiger partial charge on any atom is 0 e. The number of hydrogen-bond acceptors (Lipinski definition) is 0. The average Bonchev–Trinajstić information content (AvgIpc) is 1.41. The predicted molar refractivity (Wildman–Crippen MR) is 33.6 cm³/mol. The van der Waals surface area contributed by atoms with Gasteiger partial charge in [0.1, 0.15) is 0 Å². The van der Waals surface area contributed by atoms with Gasteiger partial charge in [0.2, 0.25) is 0 Å². The summed E-state index contributed by atoms with van der Waals surface area (Å²) in [5.41, 5.74) is 0. The Kier molecular flexibility index (Phi) is 15.9. The van der Waals surface area contributed by atoms with Crippen molar-refractivity contribution >= 4 is 27.3 Å². The molecule has 0 aromatic carbocycles. The molecule has 0 spiro atoms. The summed E-state index contributed by atoms with van der Waals surface area (Å²) in [5.74, 6) is 0. The van der Waals surface area contributed by atoms with Crippen LogP contribution in [0.5, 0.6) is 0 Å². The minimum absolute atomic E-state index is 0. The van der Waals surface area contributed by atoms with Gasteiger partial charge < -0.3 is 0 Å². The van der Waals surface area contributed by atoms with Gasteiger partial charge in [-0.25, -0.2) is 0 Å². The smallest absolute Gasteiger partial charge is 0 e. The Morgan fingerprint density at radius 1 is 1.17 bits per heavy atom. The molecule has 0 unspecified atom stereocenters. The molecule has 6 heavy (non-hydrogen) atoms. The van der Waals surface area contributed by atoms with Crippen LogP contribution in [0.1, 0.15) is 13.8 Å². The van der Waals surface area contributed by atoms with Crippen molar-refractivity contribution in [1.29, 1.82) is 0 Å². The molecule has 0 rings (SSSR count). The van der Waals surface area contributed by atoms with Crippen LogP contribution in [0.25, 0.3) is 0 Å². The Morgan fingerprint density at radius 3 is 1.50 bits per heavy atom. The first-order valence-electron chi connectivity index (χ1n) is 2.23. The second-order valence-corrected chi connectivity index (χ2v) is 5.74. The zero-order valence-electron chi connectivity index (χ0n) is 4.44. The molecule has 0 nitrogen and oxygen atoms in total. The molecule has 0 aromatic heterocycles. The molecule has 0 fully saturated rings. The third-order valence-corrected chi connectivity index (χ3v) is 3.00. The zero-order valence-corrected chi connectivity index (χ0v) is 7.76. The molecule has 4 radical (unpaired) electrons. The molecule has 0 aliphatic rings. The van der Waals surface area contributed by atoms with E-state index in [2.05, 4.69) is 13.8 Å². The van der Waals surface area contributed by atoms with Crippen molar-refractivity contribution in [3.05, 3.63) is 0 Å². The van der Waals surface area contributed by atoms with E-state index in [0.29, 0.717) is 17.4 Å². The number of rotatable bonds is 2. The molecular weight excluding hydrogens is 149 g/mol. The molecule has 34 valence electrons. The molecule has 0 N–H and O–H groups in total. The fourth-order valence-electron chi connectivity index (χ4n) is 0.289. The predicted octanol–water partition coefficient (Wildman–Crippen LogP) is 2.43. The Morgan fingerprint density at radius 2 is 1.50 bits per heavy atom. The van der Waals surface area contributed by atoms with Gasteiger partial charge >= 0.3 is 41.2 Å². The van der Waals surface area contributed by atoms with Crippen molar-refractivity contribution in [2.24, 2.45) is 0 Å². The van der Waals surface area contributed by atoms with Crippen molar-refractivity contribution in [3.63, 3.8) is 0 Å². The zero-order chi connectivity index (χ0) is 4.12. The van der Waals surface area contributed by atoms with Crippen LogP contribution in [-0.4, -0.2) is 17.4 Å². The van der Waals surface area contributed by atoms with E-state index in [1.54, 1.807) is 0 Å². The van der Waals surface area contributed by atoms with Crippen LogP contribution in [0.2, 0.25) is 9.95 Å². The topological polar surface area (TPSA) is 0 Å². The largest absolute Gasteiger partial charge is 0 e. The Labute approximate surface area is 51.5 Å². The quantitative estimate of drug-likeness (QED) is 0.428. The molecule has 0 aromatic rings. The van der Waals surface area contributed by atoms with Crippen molar-refractivity contribution < 1.29 is 0 Å². The van der Waals surface area contributed by atoms with Crippen molar-refractivity contribution in [2.45, 2.75) is 23.8 Å². The second kappa shape index (κ2) is 9.42. The first kappa shape index (κ1) is 10.1. The van der Waals surface area contributed by atoms with Gasteiger partial charge in [0, 0.05) is 9.90 Å². The molecule has 0 aliphatic carbocycles. The summed E-state index contributed by atoms with van der Waals surface area (Å²) in [4.78, 5) is 3.00. The van der Waals surface area contributed by atoms with Gasteiger partial charge in [-0.2, -0.15) is 0 Å². The minimum Gasteiger partial charge on any atom is 0 e. The summed E-state index contributed by atoms with van der Waals surface area (Å²) >= 11 is 0.312. The van der Waals surface area contributed by atoms with E-state index in [4.69, 9.17) is 0 Å². The fourth-order valence-corrected chi connectivity index (χ4v) is 1.50. The van der Waals surface area contributed by atoms with E-state index in [9.17, 15) is 0 Å². The first-order chi connectivity index (χ1) is 2.41. The van der Waals surface area contributed by atoms with Gasteiger partial charge in [-0.3, -0.25) is 0 Å². The third kappa shape index (κ3) is 8.91. The SMILES string of the molecule is C[CH2][Ga][CH2]C.[P]. The third-order valence-electron chi connectivity index (χ3n) is 0.577.